The summed E-state index contributed by atoms with van der Waals surface area (Å²) >= 11 is 0. The third-order valence-corrected chi connectivity index (χ3v) is 3.15. The molecule has 2 aliphatic heterocycles. The number of aliphatic imine (C=N–C) groups is 2. The Balaban J connectivity index is 0.00000220. The molecular weight excluding hydrogens is 336 g/mol. The fourth-order valence-electron chi connectivity index (χ4n) is 2.07. The van der Waals surface area contributed by atoms with Crippen LogP contribution in [0.5, 0.6) is 0 Å². The summed E-state index contributed by atoms with van der Waals surface area (Å²) in [6, 6.07) is -0.801. The predicted octanol–water partition coefficient (Wildman–Crippen LogP) is -0.571. The molecule has 1 radical (unpaired) electrons. The molecule has 0 spiro atoms. The van der Waals surface area contributed by atoms with Gasteiger partial charge in [0.1, 0.15) is 0 Å². The fourth-order valence-corrected chi connectivity index (χ4v) is 2.07. The second-order valence-electron chi connectivity index (χ2n) is 4.68. The topological polar surface area (TPSA) is 131 Å². The molecule has 2 atom stereocenters. The number of nitrogens with zero attached hydrogens (tertiary/aromatic N) is 4. The van der Waals surface area contributed by atoms with E-state index in [2.05, 4.69) is 20.6 Å². The molecule has 129 valence electrons. The van der Waals surface area contributed by atoms with Crippen LogP contribution in [0.15, 0.2) is 34.4 Å². The van der Waals surface area contributed by atoms with Crippen molar-refractivity contribution in [2.75, 3.05) is 19.6 Å². The van der Waals surface area contributed by atoms with Crippen molar-refractivity contribution in [1.29, 1.82) is 0 Å². The SMILES string of the molecule is O.[Cu].[O-]C(=NCCN=C([O-])C1CCCC[N-]1)C1C=CC=C[N-]1. The monoisotopic (exact) mass is 355 g/mol. The first-order valence-electron chi connectivity index (χ1n) is 6.90. The van der Waals surface area contributed by atoms with Gasteiger partial charge in [0, 0.05) is 17.1 Å². The molecule has 1 saturated heterocycles. The number of hydrogen-bond acceptors (Lipinski definition) is 4. The van der Waals surface area contributed by atoms with Crippen LogP contribution in [0.1, 0.15) is 19.3 Å². The summed E-state index contributed by atoms with van der Waals surface area (Å²) in [6.45, 7) is 1.21. The van der Waals surface area contributed by atoms with Crippen LogP contribution >= 0.6 is 0 Å². The van der Waals surface area contributed by atoms with Crippen molar-refractivity contribution >= 4 is 11.8 Å². The van der Waals surface area contributed by atoms with Gasteiger partial charge in [-0.1, -0.05) is 55.3 Å². The van der Waals surface area contributed by atoms with Crippen LogP contribution in [-0.2, 0) is 17.1 Å². The van der Waals surface area contributed by atoms with Crippen LogP contribution in [0, 0.1) is 0 Å². The standard InChI is InChI=1S/C14H20N4O2.Cu.H2O/c19-13(11-5-1-3-7-15-11)17-9-10-18-14(20)12-6-2-4-8-16-12;;/h1,3,5,7,11-12H,2,4,6,8-10H2,(H,17,19)(H,18,20);;1H2/q-2;;/p-2. The number of hydrogen-bond donors (Lipinski definition) is 0. The van der Waals surface area contributed by atoms with Gasteiger partial charge in [-0.05, 0) is 0 Å². The molecular formula is C14H20CuN4O3-4. The molecule has 0 aliphatic carbocycles. The molecule has 1 fully saturated rings. The zero-order valence-corrected chi connectivity index (χ0v) is 13.1. The molecule has 2 unspecified atom stereocenters. The molecule has 2 rings (SSSR count). The zero-order valence-electron chi connectivity index (χ0n) is 12.1. The Labute approximate surface area is 141 Å². The van der Waals surface area contributed by atoms with Crippen molar-refractivity contribution in [2.45, 2.75) is 31.3 Å². The van der Waals surface area contributed by atoms with Gasteiger partial charge < -0.3 is 36.3 Å². The zero-order chi connectivity index (χ0) is 14.2. The van der Waals surface area contributed by atoms with Crippen molar-refractivity contribution in [2.24, 2.45) is 9.98 Å². The van der Waals surface area contributed by atoms with E-state index < -0.39 is 6.04 Å². The second kappa shape index (κ2) is 11.3. The summed E-state index contributed by atoms with van der Waals surface area (Å²) in [5, 5.41) is 31.6. The molecule has 0 bridgehead atoms. The van der Waals surface area contributed by atoms with E-state index in [1.54, 1.807) is 24.4 Å². The van der Waals surface area contributed by atoms with E-state index in [9.17, 15) is 10.2 Å². The third kappa shape index (κ3) is 6.61. The van der Waals surface area contributed by atoms with Crippen molar-refractivity contribution in [1.82, 2.24) is 0 Å². The molecule has 2 N–H and O–H groups in total. The Kier molecular flexibility index (Phi) is 10.6. The molecule has 0 aromatic rings. The van der Waals surface area contributed by atoms with Gasteiger partial charge >= 0.3 is 0 Å². The number of piperidine rings is 1. The summed E-state index contributed by atoms with van der Waals surface area (Å²) in [5.41, 5.74) is 0. The first-order valence-corrected chi connectivity index (χ1v) is 6.90. The average Bonchev–Trinajstić information content (AvgIpc) is 2.53. The van der Waals surface area contributed by atoms with Crippen molar-refractivity contribution in [3.63, 3.8) is 0 Å². The molecule has 0 saturated carbocycles. The predicted molar refractivity (Wildman–Crippen MR) is 79.5 cm³/mol. The molecule has 0 aromatic carbocycles. The van der Waals surface area contributed by atoms with Gasteiger partial charge in [0.2, 0.25) is 0 Å². The minimum Gasteiger partial charge on any atom is -0.863 e. The maximum Gasteiger partial charge on any atom is 0.0573 e. The quantitative estimate of drug-likeness (QED) is 0.283. The molecule has 8 heteroatoms. The first-order chi connectivity index (χ1) is 9.77. The van der Waals surface area contributed by atoms with E-state index in [1.165, 1.54) is 0 Å². The van der Waals surface area contributed by atoms with E-state index in [1.807, 2.05) is 0 Å². The second-order valence-corrected chi connectivity index (χ2v) is 4.68. The minimum atomic E-state index is -0.524. The Morgan fingerprint density at radius 2 is 1.82 bits per heavy atom. The van der Waals surface area contributed by atoms with Gasteiger partial charge in [-0.15, -0.1) is 12.6 Å². The van der Waals surface area contributed by atoms with Gasteiger partial charge in [-0.25, -0.2) is 0 Å². The molecule has 0 aromatic heterocycles. The van der Waals surface area contributed by atoms with Crippen LogP contribution in [0.2, 0.25) is 0 Å². The Bertz CT molecular complexity index is 432. The van der Waals surface area contributed by atoms with Gasteiger partial charge in [-0.2, -0.15) is 6.20 Å². The molecule has 7 nitrogen and oxygen atoms in total. The smallest absolute Gasteiger partial charge is 0.0573 e. The largest absolute Gasteiger partial charge is 0.863 e. The van der Waals surface area contributed by atoms with Gasteiger partial charge in [-0.3, -0.25) is 0 Å². The Morgan fingerprint density at radius 3 is 2.41 bits per heavy atom. The van der Waals surface area contributed by atoms with Crippen LogP contribution in [-0.4, -0.2) is 49.0 Å². The fraction of sp³-hybridized carbons (Fsp3) is 0.571. The van der Waals surface area contributed by atoms with Gasteiger partial charge in [0.25, 0.3) is 0 Å². The van der Waals surface area contributed by atoms with Crippen LogP contribution < -0.4 is 10.2 Å². The average molecular weight is 356 g/mol. The maximum absolute atomic E-state index is 11.7. The summed E-state index contributed by atoms with van der Waals surface area (Å²) in [7, 11) is 0. The van der Waals surface area contributed by atoms with E-state index in [4.69, 9.17) is 0 Å². The van der Waals surface area contributed by atoms with E-state index in [-0.39, 0.29) is 53.5 Å². The first kappa shape index (κ1) is 20.7. The van der Waals surface area contributed by atoms with Gasteiger partial charge in [0.15, 0.2) is 0 Å². The summed E-state index contributed by atoms with van der Waals surface area (Å²) in [6.07, 6.45) is 9.67. The Hall–Kier alpha value is -1.34. The van der Waals surface area contributed by atoms with Crippen molar-refractivity contribution < 1.29 is 32.8 Å². The van der Waals surface area contributed by atoms with Crippen molar-refractivity contribution in [3.05, 3.63) is 35.1 Å². The van der Waals surface area contributed by atoms with E-state index >= 15 is 0 Å². The van der Waals surface area contributed by atoms with E-state index in [0.717, 1.165) is 25.8 Å². The molecule has 0 amide bonds. The van der Waals surface area contributed by atoms with Crippen LogP contribution in [0.3, 0.4) is 0 Å². The summed E-state index contributed by atoms with van der Waals surface area (Å²) < 4.78 is 0. The third-order valence-electron chi connectivity index (χ3n) is 3.15. The molecule has 2 heterocycles. The van der Waals surface area contributed by atoms with Crippen LogP contribution in [0.4, 0.5) is 0 Å². The van der Waals surface area contributed by atoms with E-state index in [0.29, 0.717) is 0 Å². The number of allylic oxidation sites excluding steroid dienone is 2. The van der Waals surface area contributed by atoms with Crippen LogP contribution in [0.25, 0.3) is 10.6 Å². The van der Waals surface area contributed by atoms with Gasteiger partial charge in [0.05, 0.1) is 13.1 Å². The molecule has 22 heavy (non-hydrogen) atoms. The molecule has 2 aliphatic rings. The normalized spacial score (nSPS) is 24.9. The number of rotatable bonds is 5. The Morgan fingerprint density at radius 1 is 1.09 bits per heavy atom. The summed E-state index contributed by atoms with van der Waals surface area (Å²) in [5.74, 6) is -0.479. The van der Waals surface area contributed by atoms with Crippen molar-refractivity contribution in [3.8, 4) is 0 Å². The summed E-state index contributed by atoms with van der Waals surface area (Å²) in [4.78, 5) is 7.79. The maximum atomic E-state index is 11.7. The minimum absolute atomic E-state index is 0.